The highest BCUT2D eigenvalue weighted by Gasteiger charge is 2.09. The second-order valence-corrected chi connectivity index (χ2v) is 7.18. The molecule has 0 aliphatic heterocycles. The van der Waals surface area contributed by atoms with Crippen molar-refractivity contribution >= 4 is 39.4 Å². The molecule has 3 aromatic rings. The van der Waals surface area contributed by atoms with Crippen molar-refractivity contribution in [1.29, 1.82) is 0 Å². The van der Waals surface area contributed by atoms with Gasteiger partial charge in [0.1, 0.15) is 12.3 Å². The van der Waals surface area contributed by atoms with Crippen LogP contribution in [0.3, 0.4) is 0 Å². The normalized spacial score (nSPS) is 10.3. The lowest BCUT2D eigenvalue weighted by Crippen LogP contribution is -2.27. The largest absolute Gasteiger partial charge is 0.426 e. The number of carbonyl (C=O) groups excluding carboxylic acids is 3. The number of amides is 2. The number of halogens is 1. The SMILES string of the molecule is O=C(Cn1cccn1)Nc1ccc(OC(=O)CCNC(=O)c2ccc(Br)cc2)cc1. The zero-order valence-corrected chi connectivity index (χ0v) is 17.5. The first-order valence-corrected chi connectivity index (χ1v) is 9.91. The maximum atomic E-state index is 12.0. The van der Waals surface area contributed by atoms with Gasteiger partial charge in [-0.25, -0.2) is 0 Å². The number of hydrogen-bond donors (Lipinski definition) is 2. The number of esters is 1. The third kappa shape index (κ3) is 6.56. The van der Waals surface area contributed by atoms with E-state index in [-0.39, 0.29) is 31.3 Å². The summed E-state index contributed by atoms with van der Waals surface area (Å²) in [6, 6.07) is 15.1. The lowest BCUT2D eigenvalue weighted by Gasteiger charge is -2.08. The van der Waals surface area contributed by atoms with Crippen molar-refractivity contribution in [1.82, 2.24) is 15.1 Å². The van der Waals surface area contributed by atoms with Gasteiger partial charge in [-0.15, -0.1) is 0 Å². The predicted molar refractivity (Wildman–Crippen MR) is 114 cm³/mol. The van der Waals surface area contributed by atoms with Crippen LogP contribution in [-0.2, 0) is 16.1 Å². The lowest BCUT2D eigenvalue weighted by molar-refractivity contribution is -0.134. The van der Waals surface area contributed by atoms with Gasteiger partial charge in [0.25, 0.3) is 5.91 Å². The Balaban J connectivity index is 1.40. The molecule has 2 amide bonds. The molecule has 0 fully saturated rings. The molecule has 0 saturated heterocycles. The second kappa shape index (κ2) is 10.4. The Hall–Kier alpha value is -3.46. The Morgan fingerprint density at radius 2 is 1.77 bits per heavy atom. The molecule has 0 saturated carbocycles. The zero-order chi connectivity index (χ0) is 21.3. The van der Waals surface area contributed by atoms with Gasteiger partial charge < -0.3 is 15.4 Å². The molecule has 8 nitrogen and oxygen atoms in total. The second-order valence-electron chi connectivity index (χ2n) is 6.26. The molecular weight excluding hydrogens is 452 g/mol. The van der Waals surface area contributed by atoms with E-state index in [1.54, 1.807) is 67.0 Å². The first kappa shape index (κ1) is 21.3. The van der Waals surface area contributed by atoms with E-state index in [4.69, 9.17) is 4.74 Å². The fraction of sp³-hybridized carbons (Fsp3) is 0.143. The van der Waals surface area contributed by atoms with Crippen molar-refractivity contribution in [2.45, 2.75) is 13.0 Å². The minimum atomic E-state index is -0.471. The maximum absolute atomic E-state index is 12.0. The van der Waals surface area contributed by atoms with Gasteiger partial charge >= 0.3 is 5.97 Å². The van der Waals surface area contributed by atoms with Crippen molar-refractivity contribution in [2.75, 3.05) is 11.9 Å². The van der Waals surface area contributed by atoms with E-state index >= 15 is 0 Å². The summed E-state index contributed by atoms with van der Waals surface area (Å²) >= 11 is 3.31. The van der Waals surface area contributed by atoms with E-state index in [0.29, 0.717) is 17.0 Å². The van der Waals surface area contributed by atoms with Crippen LogP contribution in [0.5, 0.6) is 5.75 Å². The Bertz CT molecular complexity index is 1000. The quantitative estimate of drug-likeness (QED) is 0.389. The first-order valence-electron chi connectivity index (χ1n) is 9.11. The fourth-order valence-electron chi connectivity index (χ4n) is 2.51. The third-order valence-corrected chi connectivity index (χ3v) is 4.48. The van der Waals surface area contributed by atoms with Crippen molar-refractivity contribution < 1.29 is 19.1 Å². The van der Waals surface area contributed by atoms with E-state index in [1.165, 1.54) is 4.68 Å². The molecule has 30 heavy (non-hydrogen) atoms. The molecule has 0 spiro atoms. The van der Waals surface area contributed by atoms with Gasteiger partial charge in [0.15, 0.2) is 0 Å². The average Bonchev–Trinajstić information content (AvgIpc) is 3.23. The van der Waals surface area contributed by atoms with Crippen molar-refractivity contribution in [3.05, 3.63) is 77.0 Å². The smallest absolute Gasteiger partial charge is 0.312 e. The number of anilines is 1. The number of nitrogens with zero attached hydrogens (tertiary/aromatic N) is 2. The zero-order valence-electron chi connectivity index (χ0n) is 15.9. The Morgan fingerprint density at radius 3 is 2.43 bits per heavy atom. The van der Waals surface area contributed by atoms with Gasteiger partial charge in [0, 0.05) is 34.7 Å². The van der Waals surface area contributed by atoms with Gasteiger partial charge in [-0.3, -0.25) is 19.1 Å². The number of rotatable bonds is 8. The van der Waals surface area contributed by atoms with Gasteiger partial charge in [-0.1, -0.05) is 15.9 Å². The van der Waals surface area contributed by atoms with E-state index in [1.807, 2.05) is 0 Å². The molecular formula is C21H19BrN4O4. The summed E-state index contributed by atoms with van der Waals surface area (Å²) in [5.74, 6) is -0.596. The lowest BCUT2D eigenvalue weighted by atomic mass is 10.2. The first-order chi connectivity index (χ1) is 14.5. The number of ether oxygens (including phenoxy) is 1. The molecule has 2 aromatic carbocycles. The van der Waals surface area contributed by atoms with Crippen LogP contribution in [0.2, 0.25) is 0 Å². The average molecular weight is 471 g/mol. The number of carbonyl (C=O) groups is 3. The van der Waals surface area contributed by atoms with Crippen molar-refractivity contribution in [2.24, 2.45) is 0 Å². The molecule has 0 radical (unpaired) electrons. The molecule has 2 N–H and O–H groups in total. The highest BCUT2D eigenvalue weighted by molar-refractivity contribution is 9.10. The number of benzene rings is 2. The van der Waals surface area contributed by atoms with Crippen molar-refractivity contribution in [3.8, 4) is 5.75 Å². The predicted octanol–water partition coefficient (Wildman–Crippen LogP) is 3.01. The maximum Gasteiger partial charge on any atom is 0.312 e. The Labute approximate surface area is 181 Å². The summed E-state index contributed by atoms with van der Waals surface area (Å²) in [5, 5.41) is 9.38. The van der Waals surface area contributed by atoms with Gasteiger partial charge in [-0.05, 0) is 54.6 Å². The number of nitrogens with one attached hydrogen (secondary N) is 2. The van der Waals surface area contributed by atoms with Crippen LogP contribution in [0.4, 0.5) is 5.69 Å². The molecule has 0 bridgehead atoms. The molecule has 1 heterocycles. The van der Waals surface area contributed by atoms with Crippen LogP contribution in [0.25, 0.3) is 0 Å². The highest BCUT2D eigenvalue weighted by Crippen LogP contribution is 2.16. The van der Waals surface area contributed by atoms with Crippen LogP contribution < -0.4 is 15.4 Å². The summed E-state index contributed by atoms with van der Waals surface area (Å²) in [6.45, 7) is 0.269. The summed E-state index contributed by atoms with van der Waals surface area (Å²) in [5.41, 5.74) is 1.09. The van der Waals surface area contributed by atoms with Crippen LogP contribution >= 0.6 is 15.9 Å². The summed E-state index contributed by atoms with van der Waals surface area (Å²) < 4.78 is 7.64. The summed E-state index contributed by atoms with van der Waals surface area (Å²) in [4.78, 5) is 35.9. The number of aromatic nitrogens is 2. The number of hydrogen-bond acceptors (Lipinski definition) is 5. The van der Waals surface area contributed by atoms with E-state index in [0.717, 1.165) is 4.47 Å². The minimum absolute atomic E-state index is 0.0324. The molecule has 3 rings (SSSR count). The third-order valence-electron chi connectivity index (χ3n) is 3.96. The van der Waals surface area contributed by atoms with Gasteiger partial charge in [0.2, 0.25) is 5.91 Å². The standard InChI is InChI=1S/C21H19BrN4O4/c22-16-4-2-15(3-5-16)21(29)23-12-10-20(28)30-18-8-6-17(7-9-18)25-19(27)14-26-13-1-11-24-26/h1-9,11,13H,10,12,14H2,(H,23,29)(H,25,27). The van der Waals surface area contributed by atoms with Gasteiger partial charge in [-0.2, -0.15) is 5.10 Å². The van der Waals surface area contributed by atoms with E-state index in [9.17, 15) is 14.4 Å². The van der Waals surface area contributed by atoms with E-state index in [2.05, 4.69) is 31.7 Å². The molecule has 154 valence electrons. The molecule has 1 aromatic heterocycles. The van der Waals surface area contributed by atoms with Crippen LogP contribution in [0.15, 0.2) is 71.5 Å². The van der Waals surface area contributed by atoms with Crippen molar-refractivity contribution in [3.63, 3.8) is 0 Å². The molecule has 0 aliphatic carbocycles. The van der Waals surface area contributed by atoms with Crippen LogP contribution in [-0.4, -0.2) is 34.1 Å². The fourth-order valence-corrected chi connectivity index (χ4v) is 2.78. The van der Waals surface area contributed by atoms with Crippen LogP contribution in [0.1, 0.15) is 16.8 Å². The topological polar surface area (TPSA) is 102 Å². The van der Waals surface area contributed by atoms with Gasteiger partial charge in [0.05, 0.1) is 6.42 Å². The Kier molecular flexibility index (Phi) is 7.34. The van der Waals surface area contributed by atoms with Crippen LogP contribution in [0, 0.1) is 0 Å². The summed E-state index contributed by atoms with van der Waals surface area (Å²) in [7, 11) is 0. The monoisotopic (exact) mass is 470 g/mol. The Morgan fingerprint density at radius 1 is 1.03 bits per heavy atom. The molecule has 0 unspecified atom stereocenters. The summed E-state index contributed by atoms with van der Waals surface area (Å²) in [6.07, 6.45) is 3.33. The molecule has 9 heteroatoms. The molecule has 0 atom stereocenters. The highest BCUT2D eigenvalue weighted by atomic mass is 79.9. The van der Waals surface area contributed by atoms with E-state index < -0.39 is 5.97 Å². The molecule has 0 aliphatic rings. The minimum Gasteiger partial charge on any atom is -0.426 e.